The Bertz CT molecular complexity index is 983. The van der Waals surface area contributed by atoms with Crippen LogP contribution in [0, 0.1) is 6.92 Å². The number of nitrogens with zero attached hydrogens (tertiary/aromatic N) is 3. The molecule has 26 heavy (non-hydrogen) atoms. The molecule has 0 fully saturated rings. The van der Waals surface area contributed by atoms with Crippen molar-refractivity contribution in [2.45, 2.75) is 26.7 Å². The van der Waals surface area contributed by atoms with Crippen molar-refractivity contribution in [3.8, 4) is 5.69 Å². The molecule has 0 saturated heterocycles. The first-order valence-electron chi connectivity index (χ1n) is 8.51. The zero-order valence-corrected chi connectivity index (χ0v) is 15.4. The van der Waals surface area contributed by atoms with Gasteiger partial charge in [-0.1, -0.05) is 32.0 Å². The molecule has 3 aromatic rings. The summed E-state index contributed by atoms with van der Waals surface area (Å²) < 4.78 is 3.26. The Kier molecular flexibility index (Phi) is 4.75. The number of benzene rings is 1. The van der Waals surface area contributed by atoms with Gasteiger partial charge in [0.15, 0.2) is 0 Å². The Labute approximate surface area is 152 Å². The second-order valence-corrected chi connectivity index (χ2v) is 6.52. The van der Waals surface area contributed by atoms with Crippen LogP contribution in [0.15, 0.2) is 53.5 Å². The highest BCUT2D eigenvalue weighted by Gasteiger charge is 2.19. The highest BCUT2D eigenvalue weighted by atomic mass is 16.2. The Balaban J connectivity index is 1.93. The van der Waals surface area contributed by atoms with Crippen LogP contribution in [0.1, 0.15) is 41.5 Å². The van der Waals surface area contributed by atoms with Crippen LogP contribution in [0.3, 0.4) is 0 Å². The van der Waals surface area contributed by atoms with E-state index in [1.54, 1.807) is 30.9 Å². The first-order chi connectivity index (χ1) is 12.4. The molecular weight excluding hydrogens is 328 g/mol. The van der Waals surface area contributed by atoms with Gasteiger partial charge < -0.3 is 5.32 Å². The maximum absolute atomic E-state index is 12.8. The Morgan fingerprint density at radius 1 is 1.12 bits per heavy atom. The van der Waals surface area contributed by atoms with E-state index in [0.29, 0.717) is 17.2 Å². The number of para-hydroxylation sites is 1. The van der Waals surface area contributed by atoms with Crippen LogP contribution in [0.4, 0.5) is 5.69 Å². The van der Waals surface area contributed by atoms with E-state index >= 15 is 0 Å². The quantitative estimate of drug-likeness (QED) is 0.785. The SMILES string of the molecule is Cc1c(NC(=O)c2ccc(C(C)C)nc2)c(=O)n(-c2ccccc2)n1C. The van der Waals surface area contributed by atoms with Gasteiger partial charge in [-0.05, 0) is 37.1 Å². The van der Waals surface area contributed by atoms with Gasteiger partial charge in [-0.25, -0.2) is 4.68 Å². The molecule has 0 bridgehead atoms. The molecule has 0 aliphatic carbocycles. The molecule has 0 spiro atoms. The monoisotopic (exact) mass is 350 g/mol. The average Bonchev–Trinajstić information content (AvgIpc) is 2.86. The lowest BCUT2D eigenvalue weighted by Crippen LogP contribution is -2.23. The third-order valence-electron chi connectivity index (χ3n) is 4.43. The number of anilines is 1. The molecular formula is C20H22N4O2. The van der Waals surface area contributed by atoms with E-state index in [1.165, 1.54) is 4.68 Å². The molecule has 0 radical (unpaired) electrons. The summed E-state index contributed by atoms with van der Waals surface area (Å²) in [6.07, 6.45) is 1.54. The van der Waals surface area contributed by atoms with Gasteiger partial charge >= 0.3 is 0 Å². The van der Waals surface area contributed by atoms with Crippen LogP contribution >= 0.6 is 0 Å². The number of carbonyl (C=O) groups is 1. The Hall–Kier alpha value is -3.15. The number of aromatic nitrogens is 3. The molecule has 1 aromatic carbocycles. The maximum atomic E-state index is 12.8. The molecule has 2 aromatic heterocycles. The zero-order valence-electron chi connectivity index (χ0n) is 15.4. The van der Waals surface area contributed by atoms with Crippen LogP contribution in [-0.4, -0.2) is 20.3 Å². The normalized spacial score (nSPS) is 11.0. The number of hydrogen-bond acceptors (Lipinski definition) is 3. The van der Waals surface area contributed by atoms with Crippen molar-refractivity contribution in [2.24, 2.45) is 7.05 Å². The molecule has 0 atom stereocenters. The van der Waals surface area contributed by atoms with Crippen LogP contribution in [-0.2, 0) is 7.05 Å². The first kappa shape index (κ1) is 17.7. The van der Waals surface area contributed by atoms with E-state index in [4.69, 9.17) is 0 Å². The predicted octanol–water partition coefficient (Wildman–Crippen LogP) is 3.26. The van der Waals surface area contributed by atoms with Crippen molar-refractivity contribution >= 4 is 11.6 Å². The van der Waals surface area contributed by atoms with Gasteiger partial charge in [0.05, 0.1) is 16.9 Å². The number of pyridine rings is 1. The number of carbonyl (C=O) groups excluding carboxylic acids is 1. The number of nitrogens with one attached hydrogen (secondary N) is 1. The Morgan fingerprint density at radius 2 is 1.81 bits per heavy atom. The highest BCUT2D eigenvalue weighted by molar-refractivity contribution is 6.04. The highest BCUT2D eigenvalue weighted by Crippen LogP contribution is 2.16. The Morgan fingerprint density at radius 3 is 2.38 bits per heavy atom. The lowest BCUT2D eigenvalue weighted by atomic mass is 10.1. The summed E-state index contributed by atoms with van der Waals surface area (Å²) in [5.74, 6) is -0.0552. The minimum absolute atomic E-state index is 0.267. The van der Waals surface area contributed by atoms with Gasteiger partial charge in [0.25, 0.3) is 11.5 Å². The molecule has 1 N–H and O–H groups in total. The van der Waals surface area contributed by atoms with Crippen molar-refractivity contribution in [1.29, 1.82) is 0 Å². The van der Waals surface area contributed by atoms with E-state index in [9.17, 15) is 9.59 Å². The largest absolute Gasteiger partial charge is 0.316 e. The number of rotatable bonds is 4. The van der Waals surface area contributed by atoms with Gasteiger partial charge in [0, 0.05) is 18.9 Å². The van der Waals surface area contributed by atoms with Crippen molar-refractivity contribution in [1.82, 2.24) is 14.3 Å². The average molecular weight is 350 g/mol. The number of amides is 1. The molecule has 2 heterocycles. The molecule has 0 aliphatic heterocycles. The van der Waals surface area contributed by atoms with Crippen LogP contribution < -0.4 is 10.9 Å². The fourth-order valence-corrected chi connectivity index (χ4v) is 2.78. The summed E-state index contributed by atoms with van der Waals surface area (Å²) in [6, 6.07) is 12.9. The van der Waals surface area contributed by atoms with E-state index in [0.717, 1.165) is 11.4 Å². The summed E-state index contributed by atoms with van der Waals surface area (Å²) in [6.45, 7) is 5.89. The van der Waals surface area contributed by atoms with Crippen molar-refractivity contribution in [2.75, 3.05) is 5.32 Å². The van der Waals surface area contributed by atoms with Crippen molar-refractivity contribution in [3.05, 3.63) is 76.0 Å². The smallest absolute Gasteiger partial charge is 0.295 e. The minimum Gasteiger partial charge on any atom is -0.316 e. The van der Waals surface area contributed by atoms with Gasteiger partial charge in [0.1, 0.15) is 5.69 Å². The molecule has 6 nitrogen and oxygen atoms in total. The third kappa shape index (κ3) is 3.18. The van der Waals surface area contributed by atoms with Gasteiger partial charge in [-0.3, -0.25) is 19.3 Å². The van der Waals surface area contributed by atoms with Gasteiger partial charge in [-0.15, -0.1) is 0 Å². The molecule has 0 unspecified atom stereocenters. The molecule has 6 heteroatoms. The van der Waals surface area contributed by atoms with E-state index in [-0.39, 0.29) is 17.2 Å². The maximum Gasteiger partial charge on any atom is 0.295 e. The summed E-state index contributed by atoms with van der Waals surface area (Å²) >= 11 is 0. The van der Waals surface area contributed by atoms with Gasteiger partial charge in [0.2, 0.25) is 0 Å². The van der Waals surface area contributed by atoms with Crippen LogP contribution in [0.25, 0.3) is 5.69 Å². The fourth-order valence-electron chi connectivity index (χ4n) is 2.78. The van der Waals surface area contributed by atoms with Crippen molar-refractivity contribution in [3.63, 3.8) is 0 Å². The number of hydrogen-bond donors (Lipinski definition) is 1. The van der Waals surface area contributed by atoms with Gasteiger partial charge in [-0.2, -0.15) is 0 Å². The fraction of sp³-hybridized carbons (Fsp3) is 0.250. The lowest BCUT2D eigenvalue weighted by Gasteiger charge is -2.07. The molecule has 3 rings (SSSR count). The second kappa shape index (κ2) is 7.00. The third-order valence-corrected chi connectivity index (χ3v) is 4.43. The van der Waals surface area contributed by atoms with Crippen LogP contribution in [0.2, 0.25) is 0 Å². The molecule has 0 saturated carbocycles. The second-order valence-electron chi connectivity index (χ2n) is 6.52. The van der Waals surface area contributed by atoms with E-state index < -0.39 is 0 Å². The van der Waals surface area contributed by atoms with E-state index in [1.807, 2.05) is 50.2 Å². The summed E-state index contributed by atoms with van der Waals surface area (Å²) in [7, 11) is 1.79. The molecule has 1 amide bonds. The summed E-state index contributed by atoms with van der Waals surface area (Å²) in [4.78, 5) is 29.7. The summed E-state index contributed by atoms with van der Waals surface area (Å²) in [5.41, 5.74) is 2.77. The van der Waals surface area contributed by atoms with Crippen molar-refractivity contribution < 1.29 is 4.79 Å². The zero-order chi connectivity index (χ0) is 18.8. The molecule has 0 aliphatic rings. The first-order valence-corrected chi connectivity index (χ1v) is 8.51. The predicted molar refractivity (Wildman–Crippen MR) is 102 cm³/mol. The molecule has 134 valence electrons. The minimum atomic E-state index is -0.348. The van der Waals surface area contributed by atoms with E-state index in [2.05, 4.69) is 10.3 Å². The topological polar surface area (TPSA) is 68.9 Å². The standard InChI is InChI=1S/C20H22N4O2/c1-13(2)17-11-10-15(12-21-17)19(25)22-18-14(3)23(4)24(20(18)26)16-8-6-5-7-9-16/h5-13H,1-4H3,(H,22,25). The van der Waals surface area contributed by atoms with Crippen LogP contribution in [0.5, 0.6) is 0 Å². The summed E-state index contributed by atoms with van der Waals surface area (Å²) in [5, 5.41) is 2.74. The lowest BCUT2D eigenvalue weighted by molar-refractivity contribution is 0.102.